The van der Waals surface area contributed by atoms with Crippen LogP contribution in [0.1, 0.15) is 29.2 Å². The summed E-state index contributed by atoms with van der Waals surface area (Å²) in [5.41, 5.74) is 3.07. The van der Waals surface area contributed by atoms with Gasteiger partial charge in [-0.05, 0) is 36.6 Å². The molecular formula is C19H23NO3. The molecule has 0 aliphatic carbocycles. The van der Waals surface area contributed by atoms with E-state index < -0.39 is 6.10 Å². The summed E-state index contributed by atoms with van der Waals surface area (Å²) in [5.74, 6) is 0.625. The predicted molar refractivity (Wildman–Crippen MR) is 90.5 cm³/mol. The molecule has 1 atom stereocenters. The molecule has 122 valence electrons. The molecule has 0 aliphatic rings. The van der Waals surface area contributed by atoms with E-state index in [1.807, 2.05) is 49.4 Å². The molecule has 4 heteroatoms. The second-order valence-corrected chi connectivity index (χ2v) is 5.58. The van der Waals surface area contributed by atoms with Crippen molar-refractivity contribution in [1.29, 1.82) is 0 Å². The van der Waals surface area contributed by atoms with E-state index in [1.165, 1.54) is 5.56 Å². The zero-order valence-corrected chi connectivity index (χ0v) is 13.6. The topological polar surface area (TPSA) is 58.6 Å². The minimum absolute atomic E-state index is 0.0625. The van der Waals surface area contributed by atoms with E-state index in [4.69, 9.17) is 4.74 Å². The van der Waals surface area contributed by atoms with E-state index >= 15 is 0 Å². The fraction of sp³-hybridized carbons (Fsp3) is 0.316. The molecular weight excluding hydrogens is 290 g/mol. The van der Waals surface area contributed by atoms with Gasteiger partial charge in [-0.2, -0.15) is 0 Å². The lowest BCUT2D eigenvalue weighted by atomic mass is 10.1. The number of ether oxygens (including phenoxy) is 1. The van der Waals surface area contributed by atoms with Crippen LogP contribution >= 0.6 is 0 Å². The molecule has 0 heterocycles. The first-order valence-corrected chi connectivity index (χ1v) is 7.73. The van der Waals surface area contributed by atoms with E-state index in [9.17, 15) is 9.90 Å². The second-order valence-electron chi connectivity index (χ2n) is 5.58. The van der Waals surface area contributed by atoms with Gasteiger partial charge in [0.15, 0.2) is 0 Å². The van der Waals surface area contributed by atoms with Crippen molar-refractivity contribution in [2.75, 3.05) is 13.7 Å². The van der Waals surface area contributed by atoms with Crippen molar-refractivity contribution >= 4 is 5.91 Å². The number of carbonyl (C=O) groups is 1. The Kier molecular flexibility index (Phi) is 6.18. The van der Waals surface area contributed by atoms with Crippen LogP contribution in [-0.2, 0) is 11.2 Å². The van der Waals surface area contributed by atoms with Gasteiger partial charge in [0.25, 0.3) is 0 Å². The molecule has 0 saturated carbocycles. The number of aryl methyl sites for hydroxylation is 2. The van der Waals surface area contributed by atoms with Gasteiger partial charge in [-0.1, -0.05) is 42.0 Å². The number of carbonyl (C=O) groups excluding carboxylic acids is 1. The monoisotopic (exact) mass is 313 g/mol. The van der Waals surface area contributed by atoms with Crippen LogP contribution < -0.4 is 10.1 Å². The highest BCUT2D eigenvalue weighted by Gasteiger charge is 2.10. The van der Waals surface area contributed by atoms with Gasteiger partial charge < -0.3 is 15.2 Å². The molecule has 2 aromatic carbocycles. The van der Waals surface area contributed by atoms with Gasteiger partial charge in [-0.15, -0.1) is 0 Å². The Morgan fingerprint density at radius 3 is 2.65 bits per heavy atom. The van der Waals surface area contributed by atoms with Crippen molar-refractivity contribution in [2.45, 2.75) is 25.9 Å². The lowest BCUT2D eigenvalue weighted by molar-refractivity contribution is -0.121. The SMILES string of the molecule is COc1cccc(C(O)CNC(=O)CCc2ccc(C)cc2)c1. The van der Waals surface area contributed by atoms with Crippen molar-refractivity contribution in [1.82, 2.24) is 5.32 Å². The highest BCUT2D eigenvalue weighted by molar-refractivity contribution is 5.76. The zero-order valence-electron chi connectivity index (χ0n) is 13.6. The van der Waals surface area contributed by atoms with Crippen molar-refractivity contribution < 1.29 is 14.6 Å². The molecule has 1 unspecified atom stereocenters. The standard InChI is InChI=1S/C19H23NO3/c1-14-6-8-15(9-7-14)10-11-19(22)20-13-18(21)16-4-3-5-17(12-16)23-2/h3-9,12,18,21H,10-11,13H2,1-2H3,(H,20,22). The fourth-order valence-electron chi connectivity index (χ4n) is 2.28. The molecule has 0 spiro atoms. The lowest BCUT2D eigenvalue weighted by Crippen LogP contribution is -2.28. The van der Waals surface area contributed by atoms with E-state index in [-0.39, 0.29) is 12.5 Å². The molecule has 0 radical (unpaired) electrons. The summed E-state index contributed by atoms with van der Waals surface area (Å²) in [6, 6.07) is 15.4. The molecule has 1 amide bonds. The average Bonchev–Trinajstić information content (AvgIpc) is 2.59. The van der Waals surface area contributed by atoms with Gasteiger partial charge in [-0.25, -0.2) is 0 Å². The summed E-state index contributed by atoms with van der Waals surface area (Å²) in [5, 5.41) is 12.9. The Bertz CT molecular complexity index is 637. The number of methoxy groups -OCH3 is 1. The van der Waals surface area contributed by atoms with Crippen LogP contribution in [0.15, 0.2) is 48.5 Å². The number of hydrogen-bond donors (Lipinski definition) is 2. The smallest absolute Gasteiger partial charge is 0.220 e. The first-order chi connectivity index (χ1) is 11.1. The third-order valence-electron chi connectivity index (χ3n) is 3.73. The summed E-state index contributed by atoms with van der Waals surface area (Å²) in [7, 11) is 1.58. The van der Waals surface area contributed by atoms with Gasteiger partial charge >= 0.3 is 0 Å². The van der Waals surface area contributed by atoms with E-state index in [1.54, 1.807) is 13.2 Å². The number of rotatable bonds is 7. The third kappa shape index (κ3) is 5.42. The first kappa shape index (κ1) is 17.0. The van der Waals surface area contributed by atoms with Crippen molar-refractivity contribution in [3.63, 3.8) is 0 Å². The quantitative estimate of drug-likeness (QED) is 0.826. The van der Waals surface area contributed by atoms with Crippen LogP contribution in [0, 0.1) is 6.92 Å². The van der Waals surface area contributed by atoms with Gasteiger partial charge in [0.2, 0.25) is 5.91 Å². The maximum Gasteiger partial charge on any atom is 0.220 e. The summed E-state index contributed by atoms with van der Waals surface area (Å²) < 4.78 is 5.13. The third-order valence-corrected chi connectivity index (χ3v) is 3.73. The van der Waals surface area contributed by atoms with Gasteiger partial charge in [0, 0.05) is 13.0 Å². The van der Waals surface area contributed by atoms with Crippen LogP contribution in [-0.4, -0.2) is 24.7 Å². The second kappa shape index (κ2) is 8.34. The number of benzene rings is 2. The first-order valence-electron chi connectivity index (χ1n) is 7.73. The van der Waals surface area contributed by atoms with Crippen LogP contribution in [0.2, 0.25) is 0 Å². The van der Waals surface area contributed by atoms with Crippen LogP contribution in [0.25, 0.3) is 0 Å². The normalized spacial score (nSPS) is 11.8. The van der Waals surface area contributed by atoms with E-state index in [0.717, 1.165) is 11.1 Å². The predicted octanol–water partition coefficient (Wildman–Crippen LogP) is 2.79. The minimum Gasteiger partial charge on any atom is -0.497 e. The summed E-state index contributed by atoms with van der Waals surface area (Å²) in [6.07, 6.45) is 0.364. The number of hydrogen-bond acceptors (Lipinski definition) is 3. The van der Waals surface area contributed by atoms with Gasteiger partial charge in [0.1, 0.15) is 5.75 Å². The van der Waals surface area contributed by atoms with E-state index in [0.29, 0.717) is 18.6 Å². The number of amides is 1. The minimum atomic E-state index is -0.742. The Balaban J connectivity index is 1.78. The number of aliphatic hydroxyl groups is 1. The van der Waals surface area contributed by atoms with Gasteiger partial charge in [0.05, 0.1) is 13.2 Å². The Morgan fingerprint density at radius 1 is 1.22 bits per heavy atom. The number of aliphatic hydroxyl groups excluding tert-OH is 1. The highest BCUT2D eigenvalue weighted by atomic mass is 16.5. The van der Waals surface area contributed by atoms with Crippen LogP contribution in [0.5, 0.6) is 5.75 Å². The van der Waals surface area contributed by atoms with Crippen LogP contribution in [0.4, 0.5) is 0 Å². The molecule has 2 rings (SSSR count). The zero-order chi connectivity index (χ0) is 16.7. The van der Waals surface area contributed by atoms with E-state index in [2.05, 4.69) is 5.32 Å². The molecule has 0 fully saturated rings. The molecule has 2 N–H and O–H groups in total. The molecule has 23 heavy (non-hydrogen) atoms. The molecule has 4 nitrogen and oxygen atoms in total. The average molecular weight is 313 g/mol. The van der Waals surface area contributed by atoms with Crippen LogP contribution in [0.3, 0.4) is 0 Å². The lowest BCUT2D eigenvalue weighted by Gasteiger charge is -2.13. The molecule has 0 aromatic heterocycles. The Hall–Kier alpha value is -2.33. The number of nitrogens with one attached hydrogen (secondary N) is 1. The molecule has 0 saturated heterocycles. The molecule has 0 bridgehead atoms. The maximum atomic E-state index is 11.9. The van der Waals surface area contributed by atoms with Crippen molar-refractivity contribution in [3.8, 4) is 5.75 Å². The summed E-state index contributed by atoms with van der Waals surface area (Å²) in [6.45, 7) is 2.23. The molecule has 0 aliphatic heterocycles. The summed E-state index contributed by atoms with van der Waals surface area (Å²) >= 11 is 0. The van der Waals surface area contributed by atoms with Crippen molar-refractivity contribution in [3.05, 3.63) is 65.2 Å². The molecule has 2 aromatic rings. The van der Waals surface area contributed by atoms with Gasteiger partial charge in [-0.3, -0.25) is 4.79 Å². The maximum absolute atomic E-state index is 11.9. The van der Waals surface area contributed by atoms with Crippen molar-refractivity contribution in [2.24, 2.45) is 0 Å². The fourth-order valence-corrected chi connectivity index (χ4v) is 2.28. The summed E-state index contributed by atoms with van der Waals surface area (Å²) in [4.78, 5) is 11.9. The highest BCUT2D eigenvalue weighted by Crippen LogP contribution is 2.18. The Morgan fingerprint density at radius 2 is 1.96 bits per heavy atom. The Labute approximate surface area is 137 Å². The largest absolute Gasteiger partial charge is 0.497 e.